The lowest BCUT2D eigenvalue weighted by Gasteiger charge is -2.13. The molecule has 0 saturated heterocycles. The van der Waals surface area contributed by atoms with Gasteiger partial charge in [-0.25, -0.2) is 9.97 Å². The van der Waals surface area contributed by atoms with E-state index in [1.807, 2.05) is 6.92 Å². The summed E-state index contributed by atoms with van der Waals surface area (Å²) in [4.78, 5) is 8.08. The third-order valence-corrected chi connectivity index (χ3v) is 2.78. The highest BCUT2D eigenvalue weighted by Crippen LogP contribution is 2.12. The van der Waals surface area contributed by atoms with E-state index in [1.54, 1.807) is 0 Å². The summed E-state index contributed by atoms with van der Waals surface area (Å²) in [5, 5.41) is 11.4. The molecule has 6 heteroatoms. The Balaban J connectivity index is 2.40. The van der Waals surface area contributed by atoms with Gasteiger partial charge in [0, 0.05) is 0 Å². The molecule has 0 bridgehead atoms. The Hall–Kier alpha value is -1.85. The smallest absolute Gasteiger partial charge is 0.232 e. The van der Waals surface area contributed by atoms with Gasteiger partial charge in [-0.05, 0) is 19.8 Å². The summed E-state index contributed by atoms with van der Waals surface area (Å²) in [6, 6.07) is 0. The lowest BCUT2D eigenvalue weighted by molar-refractivity contribution is 0.197. The number of rotatable bonds is 8. The minimum atomic E-state index is -0.0633. The Morgan fingerprint density at radius 1 is 1.37 bits per heavy atom. The molecule has 0 aromatic carbocycles. The van der Waals surface area contributed by atoms with Gasteiger partial charge in [0.1, 0.15) is 5.69 Å². The van der Waals surface area contributed by atoms with Gasteiger partial charge in [0.15, 0.2) is 5.84 Å². The Kier molecular flexibility index (Phi) is 6.63. The van der Waals surface area contributed by atoms with Gasteiger partial charge in [-0.1, -0.05) is 31.3 Å². The van der Waals surface area contributed by atoms with Crippen LogP contribution < -0.4 is 10.5 Å². The van der Waals surface area contributed by atoms with Gasteiger partial charge in [0.2, 0.25) is 5.88 Å². The second-order valence-electron chi connectivity index (χ2n) is 4.50. The molecule has 0 amide bonds. The van der Waals surface area contributed by atoms with Crippen molar-refractivity contribution in [3.63, 3.8) is 0 Å². The molecule has 0 saturated carbocycles. The van der Waals surface area contributed by atoms with Gasteiger partial charge >= 0.3 is 0 Å². The van der Waals surface area contributed by atoms with Crippen LogP contribution in [0.3, 0.4) is 0 Å². The molecule has 6 nitrogen and oxygen atoms in total. The largest absolute Gasteiger partial charge is 0.474 e. The van der Waals surface area contributed by atoms with E-state index < -0.39 is 0 Å². The predicted octanol–water partition coefficient (Wildman–Crippen LogP) is 2.31. The van der Waals surface area contributed by atoms with Crippen molar-refractivity contribution in [3.05, 3.63) is 18.1 Å². The van der Waals surface area contributed by atoms with Crippen LogP contribution in [0.5, 0.6) is 5.88 Å². The van der Waals surface area contributed by atoms with E-state index in [-0.39, 0.29) is 11.9 Å². The van der Waals surface area contributed by atoms with E-state index in [4.69, 9.17) is 15.7 Å². The van der Waals surface area contributed by atoms with Crippen LogP contribution >= 0.6 is 0 Å². The second-order valence-corrected chi connectivity index (χ2v) is 4.50. The molecule has 0 fully saturated rings. The molecule has 1 aromatic rings. The summed E-state index contributed by atoms with van der Waals surface area (Å²) in [5.41, 5.74) is 5.72. The zero-order valence-electron chi connectivity index (χ0n) is 11.5. The van der Waals surface area contributed by atoms with Gasteiger partial charge in [0.25, 0.3) is 0 Å². The Bertz CT molecular complexity index is 392. The van der Waals surface area contributed by atoms with Crippen molar-refractivity contribution in [2.75, 3.05) is 0 Å². The standard InChI is InChI=1S/C13H22N4O2/c1-3-4-5-6-7-10(2)19-12-9-15-11(8-16-12)13(14)17-18/h8-10,18H,3-7H2,1-2H3,(H2,14,17). The maximum atomic E-state index is 8.51. The predicted molar refractivity (Wildman–Crippen MR) is 73.4 cm³/mol. The molecule has 1 atom stereocenters. The first-order chi connectivity index (χ1) is 9.17. The molecule has 1 rings (SSSR count). The number of unbranched alkanes of at least 4 members (excludes halogenated alkanes) is 3. The maximum absolute atomic E-state index is 8.51. The number of aromatic nitrogens is 2. The Morgan fingerprint density at radius 3 is 2.74 bits per heavy atom. The fourth-order valence-corrected chi connectivity index (χ4v) is 1.68. The third kappa shape index (κ3) is 5.54. The van der Waals surface area contributed by atoms with Crippen molar-refractivity contribution >= 4 is 5.84 Å². The minimum Gasteiger partial charge on any atom is -0.474 e. The number of amidine groups is 1. The Morgan fingerprint density at radius 2 is 2.16 bits per heavy atom. The fraction of sp³-hybridized carbons (Fsp3) is 0.615. The summed E-state index contributed by atoms with van der Waals surface area (Å²) in [6.07, 6.45) is 8.91. The SMILES string of the molecule is CCCCCCC(C)Oc1cnc(C(N)=NO)cn1. The highest BCUT2D eigenvalue weighted by atomic mass is 16.5. The van der Waals surface area contributed by atoms with Crippen molar-refractivity contribution < 1.29 is 9.94 Å². The number of ether oxygens (including phenoxy) is 1. The molecule has 0 spiro atoms. The molecule has 1 unspecified atom stereocenters. The van der Waals surface area contributed by atoms with Crippen molar-refractivity contribution in [2.45, 2.75) is 52.1 Å². The lowest BCUT2D eigenvalue weighted by atomic mass is 10.1. The molecule has 0 aliphatic carbocycles. The van der Waals surface area contributed by atoms with Gasteiger partial charge in [0.05, 0.1) is 18.5 Å². The second kappa shape index (κ2) is 8.29. The van der Waals surface area contributed by atoms with E-state index in [9.17, 15) is 0 Å². The minimum absolute atomic E-state index is 0.0633. The van der Waals surface area contributed by atoms with Crippen LogP contribution in [0.15, 0.2) is 17.5 Å². The molecule has 106 valence electrons. The topological polar surface area (TPSA) is 93.6 Å². The summed E-state index contributed by atoms with van der Waals surface area (Å²) >= 11 is 0. The van der Waals surface area contributed by atoms with Crippen LogP contribution in [-0.4, -0.2) is 27.1 Å². The summed E-state index contributed by atoms with van der Waals surface area (Å²) in [7, 11) is 0. The van der Waals surface area contributed by atoms with E-state index >= 15 is 0 Å². The van der Waals surface area contributed by atoms with E-state index in [0.717, 1.165) is 12.8 Å². The molecule has 0 aliphatic heterocycles. The molecule has 3 N–H and O–H groups in total. The van der Waals surface area contributed by atoms with Crippen LogP contribution in [0.4, 0.5) is 0 Å². The molecule has 1 aromatic heterocycles. The zero-order chi connectivity index (χ0) is 14.1. The number of nitrogens with two attached hydrogens (primary N) is 1. The van der Waals surface area contributed by atoms with Crippen LogP contribution in [0.25, 0.3) is 0 Å². The lowest BCUT2D eigenvalue weighted by Crippen LogP contribution is -2.16. The summed E-state index contributed by atoms with van der Waals surface area (Å²) in [5.74, 6) is 0.393. The molecule has 0 radical (unpaired) electrons. The van der Waals surface area contributed by atoms with Crippen LogP contribution in [0.2, 0.25) is 0 Å². The first-order valence-corrected chi connectivity index (χ1v) is 6.64. The monoisotopic (exact) mass is 266 g/mol. The quantitative estimate of drug-likeness (QED) is 0.247. The van der Waals surface area contributed by atoms with Crippen molar-refractivity contribution in [1.82, 2.24) is 9.97 Å². The van der Waals surface area contributed by atoms with Crippen LogP contribution in [0.1, 0.15) is 51.6 Å². The first kappa shape index (κ1) is 15.2. The molecule has 0 aliphatic rings. The van der Waals surface area contributed by atoms with Crippen molar-refractivity contribution in [2.24, 2.45) is 10.9 Å². The number of nitrogens with zero attached hydrogens (tertiary/aromatic N) is 3. The highest BCUT2D eigenvalue weighted by Gasteiger charge is 2.07. The first-order valence-electron chi connectivity index (χ1n) is 6.64. The van der Waals surface area contributed by atoms with Gasteiger partial charge in [-0.3, -0.25) is 0 Å². The van der Waals surface area contributed by atoms with Crippen molar-refractivity contribution in [3.8, 4) is 5.88 Å². The number of oxime groups is 1. The average molecular weight is 266 g/mol. The van der Waals surface area contributed by atoms with Crippen LogP contribution in [-0.2, 0) is 0 Å². The summed E-state index contributed by atoms with van der Waals surface area (Å²) in [6.45, 7) is 4.21. The van der Waals surface area contributed by atoms with Crippen LogP contribution in [0, 0.1) is 0 Å². The van der Waals surface area contributed by atoms with E-state index in [0.29, 0.717) is 11.6 Å². The zero-order valence-corrected chi connectivity index (χ0v) is 11.5. The van der Waals surface area contributed by atoms with Gasteiger partial charge < -0.3 is 15.7 Å². The highest BCUT2D eigenvalue weighted by molar-refractivity contribution is 5.94. The van der Waals surface area contributed by atoms with Gasteiger partial charge in [-0.15, -0.1) is 0 Å². The molecule has 1 heterocycles. The van der Waals surface area contributed by atoms with Crippen molar-refractivity contribution in [1.29, 1.82) is 0 Å². The fourth-order valence-electron chi connectivity index (χ4n) is 1.68. The molecule has 19 heavy (non-hydrogen) atoms. The summed E-state index contributed by atoms with van der Waals surface area (Å²) < 4.78 is 5.65. The molecular formula is C13H22N4O2. The number of hydrogen-bond acceptors (Lipinski definition) is 5. The average Bonchev–Trinajstić information content (AvgIpc) is 2.43. The number of hydrogen-bond donors (Lipinski definition) is 2. The van der Waals surface area contributed by atoms with E-state index in [2.05, 4.69) is 22.0 Å². The third-order valence-electron chi connectivity index (χ3n) is 2.78. The van der Waals surface area contributed by atoms with E-state index in [1.165, 1.54) is 31.7 Å². The Labute approximate surface area is 113 Å². The van der Waals surface area contributed by atoms with Gasteiger partial charge in [-0.2, -0.15) is 0 Å². The molecular weight excluding hydrogens is 244 g/mol. The maximum Gasteiger partial charge on any atom is 0.232 e. The normalized spacial score (nSPS) is 13.3.